The Hall–Kier alpha value is -1.08. The number of carboxylic acids is 1. The molecule has 1 aromatic heterocycles. The van der Waals surface area contributed by atoms with Gasteiger partial charge < -0.3 is 10.4 Å². The molecule has 6 nitrogen and oxygen atoms in total. The van der Waals surface area contributed by atoms with Crippen molar-refractivity contribution in [1.29, 1.82) is 0 Å². The smallest absolute Gasteiger partial charge is 0.304 e. The van der Waals surface area contributed by atoms with Gasteiger partial charge in [-0.1, -0.05) is 11.8 Å². The van der Waals surface area contributed by atoms with E-state index < -0.39 is 5.97 Å². The molecule has 0 saturated carbocycles. The van der Waals surface area contributed by atoms with Crippen LogP contribution in [0.2, 0.25) is 5.28 Å². The fourth-order valence-corrected chi connectivity index (χ4v) is 1.83. The zero-order chi connectivity index (χ0) is 12.0. The first-order valence-electron chi connectivity index (χ1n) is 4.62. The number of aromatic nitrogens is 3. The van der Waals surface area contributed by atoms with Crippen molar-refractivity contribution >= 4 is 35.3 Å². The van der Waals surface area contributed by atoms with Crippen LogP contribution in [0.1, 0.15) is 13.3 Å². The molecule has 1 rings (SSSR count). The highest BCUT2D eigenvalue weighted by atomic mass is 35.5. The topological polar surface area (TPSA) is 88.0 Å². The number of aliphatic carboxylic acids is 1. The van der Waals surface area contributed by atoms with Gasteiger partial charge in [-0.15, -0.1) is 0 Å². The average Bonchev–Trinajstić information content (AvgIpc) is 2.16. The van der Waals surface area contributed by atoms with Gasteiger partial charge in [0.05, 0.1) is 6.42 Å². The highest BCUT2D eigenvalue weighted by Crippen LogP contribution is 2.17. The lowest BCUT2D eigenvalue weighted by Crippen LogP contribution is -2.05. The zero-order valence-electron chi connectivity index (χ0n) is 8.60. The van der Waals surface area contributed by atoms with Crippen LogP contribution in [0, 0.1) is 0 Å². The first-order chi connectivity index (χ1) is 7.61. The summed E-state index contributed by atoms with van der Waals surface area (Å²) in [5, 5.41) is 11.9. The van der Waals surface area contributed by atoms with Crippen molar-refractivity contribution in [2.75, 3.05) is 17.6 Å². The maximum absolute atomic E-state index is 10.3. The molecule has 0 aliphatic rings. The Morgan fingerprint density at radius 3 is 2.88 bits per heavy atom. The summed E-state index contributed by atoms with van der Waals surface area (Å²) in [5.74, 6) is -0.0405. The van der Waals surface area contributed by atoms with Gasteiger partial charge in [-0.3, -0.25) is 4.79 Å². The lowest BCUT2D eigenvalue weighted by atomic mass is 10.5. The van der Waals surface area contributed by atoms with Crippen LogP contribution in [0.4, 0.5) is 5.95 Å². The number of nitrogens with zero attached hydrogens (tertiary/aromatic N) is 3. The normalized spacial score (nSPS) is 10.1. The van der Waals surface area contributed by atoms with Crippen LogP contribution in [-0.4, -0.2) is 38.3 Å². The fraction of sp³-hybridized carbons (Fsp3) is 0.500. The van der Waals surface area contributed by atoms with Crippen LogP contribution in [0.5, 0.6) is 0 Å². The molecule has 0 aliphatic heterocycles. The van der Waals surface area contributed by atoms with E-state index in [9.17, 15) is 4.79 Å². The van der Waals surface area contributed by atoms with E-state index >= 15 is 0 Å². The Morgan fingerprint density at radius 1 is 1.50 bits per heavy atom. The number of thioether (sulfide) groups is 1. The number of carboxylic acid groups (broad SMARTS) is 1. The van der Waals surface area contributed by atoms with Crippen molar-refractivity contribution in [2.45, 2.75) is 18.5 Å². The van der Waals surface area contributed by atoms with Crippen molar-refractivity contribution in [1.82, 2.24) is 15.0 Å². The van der Waals surface area contributed by atoms with Crippen LogP contribution >= 0.6 is 23.4 Å². The summed E-state index contributed by atoms with van der Waals surface area (Å²) < 4.78 is 0. The maximum Gasteiger partial charge on any atom is 0.304 e. The first-order valence-corrected chi connectivity index (χ1v) is 5.98. The molecular formula is C8H11ClN4O2S. The van der Waals surface area contributed by atoms with E-state index in [1.165, 1.54) is 11.8 Å². The number of anilines is 1. The molecule has 2 N–H and O–H groups in total. The van der Waals surface area contributed by atoms with Gasteiger partial charge in [-0.25, -0.2) is 0 Å². The molecule has 0 unspecified atom stereocenters. The third-order valence-corrected chi connectivity index (χ3v) is 2.49. The maximum atomic E-state index is 10.3. The number of hydrogen-bond donors (Lipinski definition) is 2. The van der Waals surface area contributed by atoms with Gasteiger partial charge in [0.2, 0.25) is 11.2 Å². The van der Waals surface area contributed by atoms with Crippen LogP contribution in [0.3, 0.4) is 0 Å². The molecule has 0 fully saturated rings. The predicted molar refractivity (Wildman–Crippen MR) is 62.0 cm³/mol. The van der Waals surface area contributed by atoms with Crippen LogP contribution in [-0.2, 0) is 4.79 Å². The van der Waals surface area contributed by atoms with Crippen molar-refractivity contribution in [3.63, 3.8) is 0 Å². The van der Waals surface area contributed by atoms with E-state index in [4.69, 9.17) is 16.7 Å². The molecule has 0 atom stereocenters. The summed E-state index contributed by atoms with van der Waals surface area (Å²) in [6.45, 7) is 2.59. The van der Waals surface area contributed by atoms with E-state index in [0.717, 1.165) is 0 Å². The minimum atomic E-state index is -0.848. The first kappa shape index (κ1) is 13.0. The summed E-state index contributed by atoms with van der Waals surface area (Å²) in [6, 6.07) is 0. The Kier molecular flexibility index (Phi) is 5.27. The van der Waals surface area contributed by atoms with Crippen molar-refractivity contribution in [3.05, 3.63) is 5.28 Å². The van der Waals surface area contributed by atoms with Gasteiger partial charge in [0, 0.05) is 12.3 Å². The second-order valence-electron chi connectivity index (χ2n) is 2.73. The molecular weight excluding hydrogens is 252 g/mol. The minimum Gasteiger partial charge on any atom is -0.481 e. The molecule has 88 valence electrons. The molecule has 8 heteroatoms. The number of carbonyl (C=O) groups is 1. The largest absolute Gasteiger partial charge is 0.481 e. The van der Waals surface area contributed by atoms with E-state index in [2.05, 4.69) is 20.3 Å². The van der Waals surface area contributed by atoms with E-state index in [0.29, 0.717) is 23.4 Å². The number of halogens is 1. The quantitative estimate of drug-likeness (QED) is 0.752. The lowest BCUT2D eigenvalue weighted by molar-refractivity contribution is -0.136. The highest BCUT2D eigenvalue weighted by molar-refractivity contribution is 7.99. The van der Waals surface area contributed by atoms with Crippen LogP contribution in [0.25, 0.3) is 0 Å². The minimum absolute atomic E-state index is 0.0600. The number of hydrogen-bond acceptors (Lipinski definition) is 6. The van der Waals surface area contributed by atoms with Crippen molar-refractivity contribution in [2.24, 2.45) is 0 Å². The summed E-state index contributed by atoms with van der Waals surface area (Å²) in [5.41, 5.74) is 0. The molecule has 1 heterocycles. The standard InChI is InChI=1S/C8H11ClN4O2S/c1-2-10-7-11-6(9)12-8(13-7)16-4-3-5(14)15/h2-4H2,1H3,(H,14,15)(H,10,11,12,13). The van der Waals surface area contributed by atoms with Gasteiger partial charge >= 0.3 is 5.97 Å². The van der Waals surface area contributed by atoms with Crippen molar-refractivity contribution in [3.8, 4) is 0 Å². The Balaban J connectivity index is 2.61. The van der Waals surface area contributed by atoms with Gasteiger partial charge in [0.15, 0.2) is 5.16 Å². The zero-order valence-corrected chi connectivity index (χ0v) is 10.2. The highest BCUT2D eigenvalue weighted by Gasteiger charge is 2.06. The molecule has 16 heavy (non-hydrogen) atoms. The molecule has 0 bridgehead atoms. The van der Waals surface area contributed by atoms with E-state index in [-0.39, 0.29) is 11.7 Å². The van der Waals surface area contributed by atoms with Gasteiger partial charge in [0.1, 0.15) is 0 Å². The molecule has 0 radical (unpaired) electrons. The molecule has 0 aromatic carbocycles. The molecule has 0 amide bonds. The van der Waals surface area contributed by atoms with Gasteiger partial charge in [-0.2, -0.15) is 15.0 Å². The third-order valence-electron chi connectivity index (χ3n) is 1.47. The third kappa shape index (κ3) is 4.63. The second kappa shape index (κ2) is 6.49. The molecule has 1 aromatic rings. The molecule has 0 saturated heterocycles. The van der Waals surface area contributed by atoms with Crippen molar-refractivity contribution < 1.29 is 9.90 Å². The lowest BCUT2D eigenvalue weighted by Gasteiger charge is -2.03. The Morgan fingerprint density at radius 2 is 2.25 bits per heavy atom. The van der Waals surface area contributed by atoms with Crippen LogP contribution < -0.4 is 5.32 Å². The van der Waals surface area contributed by atoms with E-state index in [1.807, 2.05) is 6.92 Å². The SMILES string of the molecule is CCNc1nc(Cl)nc(SCCC(=O)O)n1. The summed E-state index contributed by atoms with van der Waals surface area (Å²) in [6.07, 6.45) is 0.0600. The number of rotatable bonds is 6. The summed E-state index contributed by atoms with van der Waals surface area (Å²) in [4.78, 5) is 22.1. The molecule has 0 aliphatic carbocycles. The number of nitrogens with one attached hydrogen (secondary N) is 1. The predicted octanol–water partition coefficient (Wildman–Crippen LogP) is 1.52. The summed E-state index contributed by atoms with van der Waals surface area (Å²) >= 11 is 6.93. The average molecular weight is 263 g/mol. The van der Waals surface area contributed by atoms with Crippen LogP contribution in [0.15, 0.2) is 5.16 Å². The molecule has 0 spiro atoms. The van der Waals surface area contributed by atoms with E-state index in [1.54, 1.807) is 0 Å². The Labute approximate surface area is 102 Å². The fourth-order valence-electron chi connectivity index (χ4n) is 0.863. The Bertz CT molecular complexity index is 377. The second-order valence-corrected chi connectivity index (χ2v) is 4.13. The monoisotopic (exact) mass is 262 g/mol. The van der Waals surface area contributed by atoms with Gasteiger partial charge in [0.25, 0.3) is 0 Å². The van der Waals surface area contributed by atoms with Gasteiger partial charge in [-0.05, 0) is 18.5 Å². The summed E-state index contributed by atoms with van der Waals surface area (Å²) in [7, 11) is 0.